The zero-order valence-electron chi connectivity index (χ0n) is 10.8. The Hall–Kier alpha value is -0.650. The van der Waals surface area contributed by atoms with E-state index < -0.39 is 12.0 Å². The smallest absolute Gasteiger partial charge is 0.322 e. The minimum Gasteiger partial charge on any atom is -0.480 e. The van der Waals surface area contributed by atoms with E-state index in [1.165, 1.54) is 0 Å². The summed E-state index contributed by atoms with van der Waals surface area (Å²) in [6.45, 7) is 7.72. The molecule has 0 aromatic carbocycles. The Morgan fingerprint density at radius 1 is 1.59 bits per heavy atom. The summed E-state index contributed by atoms with van der Waals surface area (Å²) >= 11 is 0. The molecular formula is C12H24N2O3. The monoisotopic (exact) mass is 244 g/mol. The number of ether oxygens (including phenoxy) is 1. The summed E-state index contributed by atoms with van der Waals surface area (Å²) in [4.78, 5) is 13.2. The van der Waals surface area contributed by atoms with Gasteiger partial charge in [-0.1, -0.05) is 6.92 Å². The van der Waals surface area contributed by atoms with Crippen molar-refractivity contribution in [2.24, 2.45) is 0 Å². The topological polar surface area (TPSA) is 61.8 Å². The van der Waals surface area contributed by atoms with Crippen molar-refractivity contribution in [2.45, 2.75) is 38.8 Å². The highest BCUT2D eigenvalue weighted by Crippen LogP contribution is 2.13. The van der Waals surface area contributed by atoms with E-state index in [1.807, 2.05) is 13.8 Å². The number of carbonyl (C=O) groups is 1. The molecule has 1 fully saturated rings. The number of likely N-dealkylation sites (N-methyl/N-ethyl adjacent to an activating group) is 1. The van der Waals surface area contributed by atoms with Crippen LogP contribution in [0.1, 0.15) is 26.7 Å². The molecule has 5 nitrogen and oxygen atoms in total. The minimum atomic E-state index is -0.773. The van der Waals surface area contributed by atoms with Gasteiger partial charge in [0.25, 0.3) is 0 Å². The van der Waals surface area contributed by atoms with Crippen molar-refractivity contribution in [1.29, 1.82) is 0 Å². The maximum absolute atomic E-state index is 11.0. The standard InChI is InChI=1S/C12H24N2O3/c1-3-13-11(12(15)16)9-14-7-5-6-10(8-14)17-4-2/h10-11,13H,3-9H2,1-2H3,(H,15,16). The molecule has 0 aromatic rings. The second-order valence-corrected chi connectivity index (χ2v) is 4.43. The number of carboxylic acids is 1. The predicted octanol–water partition coefficient (Wildman–Crippen LogP) is 0.550. The Bertz CT molecular complexity index is 234. The molecule has 0 amide bonds. The predicted molar refractivity (Wildman–Crippen MR) is 66.2 cm³/mol. The highest BCUT2D eigenvalue weighted by Gasteiger charge is 2.25. The highest BCUT2D eigenvalue weighted by molar-refractivity contribution is 5.73. The van der Waals surface area contributed by atoms with Gasteiger partial charge in [0.2, 0.25) is 0 Å². The van der Waals surface area contributed by atoms with E-state index in [2.05, 4.69) is 10.2 Å². The van der Waals surface area contributed by atoms with Crippen molar-refractivity contribution in [2.75, 3.05) is 32.8 Å². The Kier molecular flexibility index (Phi) is 6.47. The number of hydrogen-bond donors (Lipinski definition) is 2. The first-order valence-corrected chi connectivity index (χ1v) is 6.47. The average molecular weight is 244 g/mol. The van der Waals surface area contributed by atoms with Gasteiger partial charge in [-0.3, -0.25) is 9.69 Å². The first-order valence-electron chi connectivity index (χ1n) is 6.47. The number of carboxylic acid groups (broad SMARTS) is 1. The first-order chi connectivity index (χ1) is 8.17. The van der Waals surface area contributed by atoms with E-state index in [-0.39, 0.29) is 6.10 Å². The summed E-state index contributed by atoms with van der Waals surface area (Å²) in [5.74, 6) is -0.773. The van der Waals surface area contributed by atoms with Crippen LogP contribution < -0.4 is 5.32 Å². The molecule has 0 saturated carbocycles. The summed E-state index contributed by atoms with van der Waals surface area (Å²) in [6, 6.07) is -0.472. The van der Waals surface area contributed by atoms with Gasteiger partial charge in [0.15, 0.2) is 0 Å². The van der Waals surface area contributed by atoms with Gasteiger partial charge >= 0.3 is 5.97 Å². The lowest BCUT2D eigenvalue weighted by Crippen LogP contribution is -2.50. The van der Waals surface area contributed by atoms with E-state index in [9.17, 15) is 4.79 Å². The van der Waals surface area contributed by atoms with Crippen molar-refractivity contribution in [3.05, 3.63) is 0 Å². The second kappa shape index (κ2) is 7.63. The molecule has 5 heteroatoms. The van der Waals surface area contributed by atoms with Gasteiger partial charge in [-0.15, -0.1) is 0 Å². The van der Waals surface area contributed by atoms with Crippen LogP contribution in [0.4, 0.5) is 0 Å². The molecule has 1 heterocycles. The molecule has 1 rings (SSSR count). The molecule has 100 valence electrons. The molecule has 1 aliphatic rings. The summed E-state index contributed by atoms with van der Waals surface area (Å²) in [5.41, 5.74) is 0. The van der Waals surface area contributed by atoms with Crippen LogP contribution in [0, 0.1) is 0 Å². The molecule has 2 atom stereocenters. The van der Waals surface area contributed by atoms with Crippen LogP contribution in [0.25, 0.3) is 0 Å². The lowest BCUT2D eigenvalue weighted by molar-refractivity contribution is -0.140. The van der Waals surface area contributed by atoms with Gasteiger partial charge in [-0.2, -0.15) is 0 Å². The van der Waals surface area contributed by atoms with Gasteiger partial charge in [0.1, 0.15) is 6.04 Å². The van der Waals surface area contributed by atoms with Crippen molar-refractivity contribution in [3.63, 3.8) is 0 Å². The van der Waals surface area contributed by atoms with E-state index >= 15 is 0 Å². The molecule has 0 aromatic heterocycles. The zero-order chi connectivity index (χ0) is 12.7. The van der Waals surface area contributed by atoms with Gasteiger partial charge in [-0.05, 0) is 32.9 Å². The number of nitrogens with one attached hydrogen (secondary N) is 1. The Balaban J connectivity index is 2.40. The highest BCUT2D eigenvalue weighted by atomic mass is 16.5. The number of rotatable bonds is 7. The fourth-order valence-electron chi connectivity index (χ4n) is 2.29. The lowest BCUT2D eigenvalue weighted by Gasteiger charge is -2.33. The molecule has 1 saturated heterocycles. The van der Waals surface area contributed by atoms with Crippen LogP contribution >= 0.6 is 0 Å². The number of hydrogen-bond acceptors (Lipinski definition) is 4. The molecule has 0 spiro atoms. The molecule has 2 N–H and O–H groups in total. The van der Waals surface area contributed by atoms with E-state index in [4.69, 9.17) is 9.84 Å². The quantitative estimate of drug-likeness (QED) is 0.685. The third-order valence-corrected chi connectivity index (χ3v) is 3.05. The molecule has 1 aliphatic heterocycles. The summed E-state index contributed by atoms with van der Waals surface area (Å²) in [7, 11) is 0. The largest absolute Gasteiger partial charge is 0.480 e. The van der Waals surface area contributed by atoms with E-state index in [1.54, 1.807) is 0 Å². The molecule has 2 unspecified atom stereocenters. The fraction of sp³-hybridized carbons (Fsp3) is 0.917. The average Bonchev–Trinajstić information content (AvgIpc) is 2.29. The van der Waals surface area contributed by atoms with Crippen LogP contribution in [-0.2, 0) is 9.53 Å². The normalized spacial score (nSPS) is 23.5. The van der Waals surface area contributed by atoms with Crippen LogP contribution in [-0.4, -0.2) is 60.9 Å². The van der Waals surface area contributed by atoms with Gasteiger partial charge < -0.3 is 15.2 Å². The Morgan fingerprint density at radius 2 is 2.35 bits per heavy atom. The molecule has 0 bridgehead atoms. The Labute approximate surface area is 103 Å². The van der Waals surface area contributed by atoms with Crippen LogP contribution in [0.15, 0.2) is 0 Å². The SMILES string of the molecule is CCNC(CN1CCCC(OCC)C1)C(=O)O. The van der Waals surface area contributed by atoms with Crippen LogP contribution in [0.2, 0.25) is 0 Å². The van der Waals surface area contributed by atoms with Gasteiger partial charge in [-0.25, -0.2) is 0 Å². The third kappa shape index (κ3) is 5.02. The van der Waals surface area contributed by atoms with Crippen molar-refractivity contribution < 1.29 is 14.6 Å². The second-order valence-electron chi connectivity index (χ2n) is 4.43. The van der Waals surface area contributed by atoms with Crippen molar-refractivity contribution >= 4 is 5.97 Å². The summed E-state index contributed by atoms with van der Waals surface area (Å²) in [6.07, 6.45) is 2.44. The number of piperidine rings is 1. The van der Waals surface area contributed by atoms with Crippen LogP contribution in [0.5, 0.6) is 0 Å². The number of likely N-dealkylation sites (tertiary alicyclic amines) is 1. The van der Waals surface area contributed by atoms with Crippen LogP contribution in [0.3, 0.4) is 0 Å². The Morgan fingerprint density at radius 3 is 2.94 bits per heavy atom. The van der Waals surface area contributed by atoms with Gasteiger partial charge in [0, 0.05) is 19.7 Å². The summed E-state index contributed by atoms with van der Waals surface area (Å²) in [5, 5.41) is 12.1. The number of nitrogens with zero attached hydrogens (tertiary/aromatic N) is 1. The van der Waals surface area contributed by atoms with Crippen molar-refractivity contribution in [3.8, 4) is 0 Å². The third-order valence-electron chi connectivity index (χ3n) is 3.05. The first kappa shape index (κ1) is 14.4. The zero-order valence-corrected chi connectivity index (χ0v) is 10.8. The lowest BCUT2D eigenvalue weighted by atomic mass is 10.1. The molecule has 0 radical (unpaired) electrons. The summed E-state index contributed by atoms with van der Waals surface area (Å²) < 4.78 is 5.61. The number of aliphatic carboxylic acids is 1. The van der Waals surface area contributed by atoms with Crippen molar-refractivity contribution in [1.82, 2.24) is 10.2 Å². The maximum atomic E-state index is 11.0. The van der Waals surface area contributed by atoms with E-state index in [0.29, 0.717) is 13.1 Å². The van der Waals surface area contributed by atoms with E-state index in [0.717, 1.165) is 32.5 Å². The maximum Gasteiger partial charge on any atom is 0.322 e. The molecule has 17 heavy (non-hydrogen) atoms. The van der Waals surface area contributed by atoms with Gasteiger partial charge in [0.05, 0.1) is 6.10 Å². The fourth-order valence-corrected chi connectivity index (χ4v) is 2.29. The molecule has 0 aliphatic carbocycles. The molecular weight excluding hydrogens is 220 g/mol. The minimum absolute atomic E-state index is 0.268.